The minimum absolute atomic E-state index is 0.114. The Balaban J connectivity index is 2.29. The predicted molar refractivity (Wildman–Crippen MR) is 94.1 cm³/mol. The summed E-state index contributed by atoms with van der Waals surface area (Å²) in [7, 11) is 2.02. The summed E-state index contributed by atoms with van der Waals surface area (Å²) in [5.74, 6) is 0.232. The summed E-state index contributed by atoms with van der Waals surface area (Å²) in [6, 6.07) is 4.02. The molecule has 11 nitrogen and oxygen atoms in total. The number of hydrazine groups is 1. The lowest BCUT2D eigenvalue weighted by Gasteiger charge is -2.32. The maximum Gasteiger partial charge on any atom is 0.354 e. The molecule has 0 unspecified atom stereocenters. The van der Waals surface area contributed by atoms with Gasteiger partial charge >= 0.3 is 5.69 Å². The fourth-order valence-electron chi connectivity index (χ4n) is 2.61. The van der Waals surface area contributed by atoms with Crippen molar-refractivity contribution in [2.45, 2.75) is 12.8 Å². The maximum atomic E-state index is 11.7. The number of nitrogens with one attached hydrogen (secondary N) is 1. The van der Waals surface area contributed by atoms with Gasteiger partial charge in [0.05, 0.1) is 29.9 Å². The number of nitro groups is 1. The van der Waals surface area contributed by atoms with Gasteiger partial charge in [-0.15, -0.1) is 0 Å². The van der Waals surface area contributed by atoms with E-state index in [4.69, 9.17) is 10.5 Å². The van der Waals surface area contributed by atoms with Crippen molar-refractivity contribution in [1.82, 2.24) is 19.9 Å². The van der Waals surface area contributed by atoms with E-state index in [9.17, 15) is 10.1 Å². The van der Waals surface area contributed by atoms with Crippen LogP contribution in [-0.4, -0.2) is 71.1 Å². The molecule has 0 aliphatic carbocycles. The van der Waals surface area contributed by atoms with Gasteiger partial charge in [0.15, 0.2) is 0 Å². The number of rotatable bonds is 8. The normalized spacial score (nSPS) is 15.0. The van der Waals surface area contributed by atoms with Crippen molar-refractivity contribution in [3.8, 4) is 12.1 Å². The highest BCUT2D eigenvalue weighted by atomic mass is 16.6. The molecule has 0 spiro atoms. The van der Waals surface area contributed by atoms with E-state index in [0.717, 1.165) is 13.1 Å². The highest BCUT2D eigenvalue weighted by Crippen LogP contribution is 2.32. The third-order valence-electron chi connectivity index (χ3n) is 4.04. The molecule has 1 N–H and O–H groups in total. The van der Waals surface area contributed by atoms with E-state index < -0.39 is 4.92 Å². The van der Waals surface area contributed by atoms with Crippen molar-refractivity contribution in [1.29, 1.82) is 10.5 Å². The molecule has 2 rings (SSSR count). The number of piperazine rings is 1. The summed E-state index contributed by atoms with van der Waals surface area (Å²) >= 11 is 0. The molecule has 0 bridgehead atoms. The molecule has 0 saturated carbocycles. The first-order valence-corrected chi connectivity index (χ1v) is 8.25. The lowest BCUT2D eigenvalue weighted by Crippen LogP contribution is -2.47. The van der Waals surface area contributed by atoms with Crippen molar-refractivity contribution in [3.05, 3.63) is 16.4 Å². The Bertz CT molecular complexity index is 686. The van der Waals surface area contributed by atoms with Gasteiger partial charge in [0.25, 0.3) is 0 Å². The molecule has 0 amide bonds. The van der Waals surface area contributed by atoms with Gasteiger partial charge in [-0.3, -0.25) is 15.5 Å². The zero-order valence-corrected chi connectivity index (χ0v) is 14.6. The molecule has 1 aliphatic heterocycles. The van der Waals surface area contributed by atoms with Gasteiger partial charge in [-0.1, -0.05) is 0 Å². The summed E-state index contributed by atoms with van der Waals surface area (Å²) < 4.78 is 0. The van der Waals surface area contributed by atoms with Crippen LogP contribution in [0.5, 0.6) is 0 Å². The Morgan fingerprint density at radius 3 is 2.38 bits per heavy atom. The van der Waals surface area contributed by atoms with Crippen LogP contribution in [-0.2, 0) is 0 Å². The SMILES string of the molecule is CN1CCN(Nc2ncnc(N(CCC#N)CCC#N)c2[N+](=O)[O-])CC1. The minimum Gasteiger partial charge on any atom is -0.349 e. The van der Waals surface area contributed by atoms with Crippen molar-refractivity contribution >= 4 is 17.3 Å². The van der Waals surface area contributed by atoms with Crippen LogP contribution in [0.15, 0.2) is 6.33 Å². The number of likely N-dealkylation sites (N-methyl/N-ethyl adjacent to an activating group) is 1. The lowest BCUT2D eigenvalue weighted by molar-refractivity contribution is -0.383. The zero-order valence-electron chi connectivity index (χ0n) is 14.6. The van der Waals surface area contributed by atoms with Gasteiger partial charge in [0.2, 0.25) is 11.6 Å². The molecule has 11 heteroatoms. The minimum atomic E-state index is -0.528. The molecule has 1 aromatic rings. The molecule has 26 heavy (non-hydrogen) atoms. The second-order valence-corrected chi connectivity index (χ2v) is 5.86. The van der Waals surface area contributed by atoms with Gasteiger partial charge < -0.3 is 9.80 Å². The van der Waals surface area contributed by atoms with Gasteiger partial charge in [0, 0.05) is 39.3 Å². The average Bonchev–Trinajstić information content (AvgIpc) is 2.63. The van der Waals surface area contributed by atoms with Gasteiger partial charge in [0.1, 0.15) is 6.33 Å². The van der Waals surface area contributed by atoms with E-state index >= 15 is 0 Å². The highest BCUT2D eigenvalue weighted by Gasteiger charge is 2.28. The van der Waals surface area contributed by atoms with Crippen molar-refractivity contribution in [2.24, 2.45) is 0 Å². The number of nitriles is 2. The van der Waals surface area contributed by atoms with E-state index in [-0.39, 0.29) is 43.3 Å². The van der Waals surface area contributed by atoms with Crippen LogP contribution >= 0.6 is 0 Å². The van der Waals surface area contributed by atoms with Crippen LogP contribution < -0.4 is 10.3 Å². The zero-order chi connectivity index (χ0) is 18.9. The second-order valence-electron chi connectivity index (χ2n) is 5.86. The Kier molecular flexibility index (Phi) is 7.02. The Morgan fingerprint density at radius 2 is 1.85 bits per heavy atom. The quantitative estimate of drug-likeness (QED) is 0.518. The molecular weight excluding hydrogens is 338 g/mol. The summed E-state index contributed by atoms with van der Waals surface area (Å²) in [5.41, 5.74) is 2.77. The predicted octanol–water partition coefficient (Wildman–Crippen LogP) is 0.593. The molecular formula is C15H21N9O2. The highest BCUT2D eigenvalue weighted by molar-refractivity contribution is 5.70. The molecule has 2 heterocycles. The van der Waals surface area contributed by atoms with Crippen LogP contribution in [0, 0.1) is 32.8 Å². The van der Waals surface area contributed by atoms with E-state index in [0.29, 0.717) is 13.1 Å². The standard InChI is InChI=1S/C15H21N9O2/c1-21-8-10-23(11-9-21)20-14-13(24(25)26)15(19-12-18-14)22(6-2-4-16)7-3-5-17/h12H,2-3,6-11H2,1H3,(H,18,19,20). The monoisotopic (exact) mass is 359 g/mol. The van der Waals surface area contributed by atoms with Crippen LogP contribution in [0.4, 0.5) is 17.3 Å². The Hall–Kier alpha value is -3.02. The molecule has 1 aliphatic rings. The van der Waals surface area contributed by atoms with Crippen molar-refractivity contribution < 1.29 is 4.92 Å². The smallest absolute Gasteiger partial charge is 0.349 e. The molecule has 1 saturated heterocycles. The third kappa shape index (κ3) is 4.99. The summed E-state index contributed by atoms with van der Waals surface area (Å²) in [6.07, 6.45) is 1.61. The molecule has 1 aromatic heterocycles. The first kappa shape index (κ1) is 19.3. The summed E-state index contributed by atoms with van der Waals surface area (Å²) in [6.45, 7) is 3.61. The number of nitrogens with zero attached hydrogens (tertiary/aromatic N) is 8. The largest absolute Gasteiger partial charge is 0.354 e. The summed E-state index contributed by atoms with van der Waals surface area (Å²) in [4.78, 5) is 23.0. The topological polar surface area (TPSA) is 138 Å². The van der Waals surface area contributed by atoms with E-state index in [1.54, 1.807) is 4.90 Å². The van der Waals surface area contributed by atoms with Crippen molar-refractivity contribution in [3.63, 3.8) is 0 Å². The van der Waals surface area contributed by atoms with Gasteiger partial charge in [-0.05, 0) is 7.05 Å². The lowest BCUT2D eigenvalue weighted by atomic mass is 10.3. The van der Waals surface area contributed by atoms with E-state index in [1.165, 1.54) is 6.33 Å². The first-order valence-electron chi connectivity index (χ1n) is 8.25. The third-order valence-corrected chi connectivity index (χ3v) is 4.04. The molecule has 0 radical (unpaired) electrons. The van der Waals surface area contributed by atoms with Crippen LogP contribution in [0.1, 0.15) is 12.8 Å². The van der Waals surface area contributed by atoms with Crippen LogP contribution in [0.3, 0.4) is 0 Å². The summed E-state index contributed by atoms with van der Waals surface area (Å²) in [5, 5.41) is 31.2. The maximum absolute atomic E-state index is 11.7. The number of hydrogen-bond donors (Lipinski definition) is 1. The van der Waals surface area contributed by atoms with Gasteiger partial charge in [-0.25, -0.2) is 15.0 Å². The Labute approximate surface area is 151 Å². The van der Waals surface area contributed by atoms with Gasteiger partial charge in [-0.2, -0.15) is 10.5 Å². The average molecular weight is 359 g/mol. The van der Waals surface area contributed by atoms with Crippen LogP contribution in [0.2, 0.25) is 0 Å². The molecule has 0 aromatic carbocycles. The first-order chi connectivity index (χ1) is 12.6. The Morgan fingerprint density at radius 1 is 1.23 bits per heavy atom. The molecule has 138 valence electrons. The number of hydrogen-bond acceptors (Lipinski definition) is 10. The fraction of sp³-hybridized carbons (Fsp3) is 0.600. The number of anilines is 2. The second kappa shape index (κ2) is 9.46. The molecule has 1 fully saturated rings. The van der Waals surface area contributed by atoms with Crippen molar-refractivity contribution in [2.75, 3.05) is 56.6 Å². The fourth-order valence-corrected chi connectivity index (χ4v) is 2.61. The van der Waals surface area contributed by atoms with E-state index in [2.05, 4.69) is 20.3 Å². The number of aromatic nitrogens is 2. The molecule has 0 atom stereocenters. The van der Waals surface area contributed by atoms with E-state index in [1.807, 2.05) is 24.2 Å². The van der Waals surface area contributed by atoms with Crippen LogP contribution in [0.25, 0.3) is 0 Å².